The number of likely N-dealkylation sites (N-methyl/N-ethyl adjacent to an activating group) is 1. The smallest absolute Gasteiger partial charge is 0.134 e. The lowest BCUT2D eigenvalue weighted by molar-refractivity contribution is -0.0647. The number of hydrogen-bond acceptors (Lipinski definition) is 5. The van der Waals surface area contributed by atoms with Crippen LogP contribution in [0.15, 0.2) is 47.0 Å². The first-order valence-electron chi connectivity index (χ1n) is 9.15. The summed E-state index contributed by atoms with van der Waals surface area (Å²) >= 11 is 0. The Morgan fingerprint density at radius 3 is 2.88 bits per heavy atom. The van der Waals surface area contributed by atoms with E-state index in [2.05, 4.69) is 47.5 Å². The second kappa shape index (κ2) is 7.23. The zero-order chi connectivity index (χ0) is 18.1. The number of ether oxygens (including phenoxy) is 1. The number of morpholine rings is 1. The van der Waals surface area contributed by atoms with Crippen molar-refractivity contribution >= 4 is 11.0 Å². The highest BCUT2D eigenvalue weighted by molar-refractivity contribution is 5.77. The van der Waals surface area contributed by atoms with Crippen molar-refractivity contribution in [3.8, 4) is 0 Å². The van der Waals surface area contributed by atoms with Gasteiger partial charge < -0.3 is 14.5 Å². The Balaban J connectivity index is 1.47. The van der Waals surface area contributed by atoms with E-state index in [1.54, 1.807) is 0 Å². The Labute approximate surface area is 153 Å². The standard InChI is InChI=1S/C20H26N4O2/c1-14(18-12-15-6-4-5-7-17(15)26-18)21-13-19-20(23(2)10-11-25-19)16-8-9-22-24(16)3/h4-9,12,14,19-21H,10-11,13H2,1-3H3/t14?,19-,20-/m0/s1. The van der Waals surface area contributed by atoms with E-state index in [9.17, 15) is 0 Å². The Hall–Kier alpha value is -2.15. The van der Waals surface area contributed by atoms with E-state index in [4.69, 9.17) is 9.15 Å². The normalized spacial score (nSPS) is 22.7. The average Bonchev–Trinajstić information content (AvgIpc) is 3.26. The van der Waals surface area contributed by atoms with Crippen LogP contribution in [0.1, 0.15) is 30.5 Å². The van der Waals surface area contributed by atoms with Gasteiger partial charge in [0.05, 0.1) is 30.5 Å². The minimum Gasteiger partial charge on any atom is -0.459 e. The van der Waals surface area contributed by atoms with Gasteiger partial charge >= 0.3 is 0 Å². The molecule has 3 aromatic rings. The lowest BCUT2D eigenvalue weighted by atomic mass is 10.0. The van der Waals surface area contributed by atoms with Gasteiger partial charge in [-0.15, -0.1) is 0 Å². The van der Waals surface area contributed by atoms with Gasteiger partial charge in [-0.2, -0.15) is 5.10 Å². The molecule has 1 saturated heterocycles. The van der Waals surface area contributed by atoms with Crippen LogP contribution in [0.5, 0.6) is 0 Å². The number of aromatic nitrogens is 2. The molecule has 1 aliphatic rings. The van der Waals surface area contributed by atoms with Crippen LogP contribution in [0.4, 0.5) is 0 Å². The molecule has 6 nitrogen and oxygen atoms in total. The minimum atomic E-state index is 0.0657. The first kappa shape index (κ1) is 17.3. The van der Waals surface area contributed by atoms with E-state index in [1.165, 1.54) is 5.69 Å². The van der Waals surface area contributed by atoms with Gasteiger partial charge in [-0.3, -0.25) is 9.58 Å². The van der Waals surface area contributed by atoms with Crippen molar-refractivity contribution in [1.82, 2.24) is 20.0 Å². The molecule has 4 rings (SSSR count). The van der Waals surface area contributed by atoms with Crippen LogP contribution in [0.25, 0.3) is 11.0 Å². The first-order valence-corrected chi connectivity index (χ1v) is 9.15. The highest BCUT2D eigenvalue weighted by atomic mass is 16.5. The molecule has 3 heterocycles. The van der Waals surface area contributed by atoms with Crippen molar-refractivity contribution in [2.24, 2.45) is 7.05 Å². The molecule has 6 heteroatoms. The molecule has 3 atom stereocenters. The third kappa shape index (κ3) is 3.28. The fourth-order valence-corrected chi connectivity index (χ4v) is 3.73. The van der Waals surface area contributed by atoms with Crippen molar-refractivity contribution in [1.29, 1.82) is 0 Å². The SMILES string of the molecule is CC(NC[C@@H]1OCCN(C)[C@H]1c1ccnn1C)c1cc2ccccc2o1. The summed E-state index contributed by atoms with van der Waals surface area (Å²) in [6.45, 7) is 4.55. The van der Waals surface area contributed by atoms with Gasteiger partial charge in [-0.05, 0) is 32.2 Å². The van der Waals surface area contributed by atoms with Crippen LogP contribution in [-0.2, 0) is 11.8 Å². The molecule has 0 radical (unpaired) electrons. The van der Waals surface area contributed by atoms with Gasteiger partial charge in [0.1, 0.15) is 11.3 Å². The summed E-state index contributed by atoms with van der Waals surface area (Å²) in [5.74, 6) is 0.951. The number of benzene rings is 1. The number of rotatable bonds is 5. The van der Waals surface area contributed by atoms with Crippen molar-refractivity contribution < 1.29 is 9.15 Å². The summed E-state index contributed by atoms with van der Waals surface area (Å²) in [6, 6.07) is 12.6. The Kier molecular flexibility index (Phi) is 4.80. The third-order valence-corrected chi connectivity index (χ3v) is 5.26. The van der Waals surface area contributed by atoms with Crippen LogP contribution in [0, 0.1) is 0 Å². The quantitative estimate of drug-likeness (QED) is 0.763. The van der Waals surface area contributed by atoms with Crippen LogP contribution in [0.2, 0.25) is 0 Å². The molecule has 26 heavy (non-hydrogen) atoms. The predicted octanol–water partition coefficient (Wildman–Crippen LogP) is 2.89. The largest absolute Gasteiger partial charge is 0.459 e. The van der Waals surface area contributed by atoms with E-state index in [1.807, 2.05) is 36.1 Å². The van der Waals surface area contributed by atoms with Crippen LogP contribution >= 0.6 is 0 Å². The summed E-state index contributed by atoms with van der Waals surface area (Å²) in [5.41, 5.74) is 2.10. The molecular formula is C20H26N4O2. The lowest BCUT2D eigenvalue weighted by Gasteiger charge is -2.39. The minimum absolute atomic E-state index is 0.0657. The van der Waals surface area contributed by atoms with E-state index in [0.717, 1.165) is 36.4 Å². The monoisotopic (exact) mass is 354 g/mol. The van der Waals surface area contributed by atoms with Crippen molar-refractivity contribution in [3.63, 3.8) is 0 Å². The maximum Gasteiger partial charge on any atom is 0.134 e. The van der Waals surface area contributed by atoms with Gasteiger partial charge in [0.15, 0.2) is 0 Å². The van der Waals surface area contributed by atoms with E-state index in [-0.39, 0.29) is 18.2 Å². The van der Waals surface area contributed by atoms with Crippen molar-refractivity contribution in [2.75, 3.05) is 26.7 Å². The summed E-state index contributed by atoms with van der Waals surface area (Å²) in [7, 11) is 4.13. The highest BCUT2D eigenvalue weighted by Crippen LogP contribution is 2.29. The second-order valence-corrected chi connectivity index (χ2v) is 7.03. The highest BCUT2D eigenvalue weighted by Gasteiger charge is 2.33. The van der Waals surface area contributed by atoms with Gasteiger partial charge in [-0.25, -0.2) is 0 Å². The number of nitrogens with one attached hydrogen (secondary N) is 1. The summed E-state index contributed by atoms with van der Waals surface area (Å²) < 4.78 is 14.0. The molecule has 1 N–H and O–H groups in total. The molecule has 0 saturated carbocycles. The predicted molar refractivity (Wildman–Crippen MR) is 101 cm³/mol. The van der Waals surface area contributed by atoms with Crippen LogP contribution in [0.3, 0.4) is 0 Å². The summed E-state index contributed by atoms with van der Waals surface area (Å²) in [6.07, 6.45) is 1.91. The van der Waals surface area contributed by atoms with Gasteiger partial charge in [0.25, 0.3) is 0 Å². The number of furan rings is 1. The van der Waals surface area contributed by atoms with E-state index >= 15 is 0 Å². The topological polar surface area (TPSA) is 55.5 Å². The molecule has 0 aliphatic carbocycles. The zero-order valence-corrected chi connectivity index (χ0v) is 15.6. The summed E-state index contributed by atoms with van der Waals surface area (Å²) in [5, 5.41) is 9.05. The van der Waals surface area contributed by atoms with Crippen LogP contribution in [-0.4, -0.2) is 47.5 Å². The number of fused-ring (bicyclic) bond motifs is 1. The zero-order valence-electron chi connectivity index (χ0n) is 15.6. The molecule has 1 unspecified atom stereocenters. The Morgan fingerprint density at radius 2 is 2.12 bits per heavy atom. The fraction of sp³-hybridized carbons (Fsp3) is 0.450. The first-order chi connectivity index (χ1) is 12.6. The fourth-order valence-electron chi connectivity index (χ4n) is 3.73. The maximum absolute atomic E-state index is 6.11. The van der Waals surface area contributed by atoms with Gasteiger partial charge in [0, 0.05) is 31.7 Å². The number of nitrogens with zero attached hydrogens (tertiary/aromatic N) is 3. The Bertz CT molecular complexity index is 838. The second-order valence-electron chi connectivity index (χ2n) is 7.03. The molecule has 1 aromatic carbocycles. The Morgan fingerprint density at radius 1 is 1.27 bits per heavy atom. The number of para-hydroxylation sites is 1. The number of hydrogen-bond donors (Lipinski definition) is 1. The molecular weight excluding hydrogens is 328 g/mol. The van der Waals surface area contributed by atoms with Crippen molar-refractivity contribution in [3.05, 3.63) is 54.0 Å². The van der Waals surface area contributed by atoms with Crippen LogP contribution < -0.4 is 5.32 Å². The van der Waals surface area contributed by atoms with E-state index in [0.29, 0.717) is 0 Å². The molecule has 0 spiro atoms. The van der Waals surface area contributed by atoms with Crippen molar-refractivity contribution in [2.45, 2.75) is 25.1 Å². The molecule has 0 bridgehead atoms. The average molecular weight is 354 g/mol. The lowest BCUT2D eigenvalue weighted by Crippen LogP contribution is -2.48. The number of aryl methyl sites for hydroxylation is 1. The molecule has 138 valence electrons. The molecule has 1 aliphatic heterocycles. The molecule has 2 aromatic heterocycles. The van der Waals surface area contributed by atoms with E-state index < -0.39 is 0 Å². The molecule has 1 fully saturated rings. The maximum atomic E-state index is 6.11. The molecule has 0 amide bonds. The third-order valence-electron chi connectivity index (χ3n) is 5.26. The van der Waals surface area contributed by atoms with Gasteiger partial charge in [0.2, 0.25) is 0 Å². The summed E-state index contributed by atoms with van der Waals surface area (Å²) in [4.78, 5) is 2.35. The van der Waals surface area contributed by atoms with Gasteiger partial charge in [-0.1, -0.05) is 18.2 Å².